The van der Waals surface area contributed by atoms with Crippen LogP contribution < -0.4 is 11.1 Å². The van der Waals surface area contributed by atoms with E-state index in [1.54, 1.807) is 17.5 Å². The molecular weight excluding hydrogens is 339 g/mol. The number of halogens is 2. The highest BCUT2D eigenvalue weighted by molar-refractivity contribution is 7.14. The van der Waals surface area contributed by atoms with Crippen LogP contribution in [0.15, 0.2) is 48.1 Å². The predicted octanol–water partition coefficient (Wildman–Crippen LogP) is 4.68. The highest BCUT2D eigenvalue weighted by atomic mass is 35.5. The van der Waals surface area contributed by atoms with Gasteiger partial charge < -0.3 is 11.1 Å². The Balaban J connectivity index is 0.00000121. The van der Waals surface area contributed by atoms with E-state index in [1.807, 2.05) is 48.8 Å². The molecule has 0 saturated heterocycles. The van der Waals surface area contributed by atoms with Crippen molar-refractivity contribution in [1.82, 2.24) is 9.97 Å². The van der Waals surface area contributed by atoms with Gasteiger partial charge in [0.1, 0.15) is 0 Å². The molecule has 0 bridgehead atoms. The van der Waals surface area contributed by atoms with E-state index in [4.69, 9.17) is 5.73 Å². The number of benzene rings is 1. The number of rotatable bonds is 3. The molecule has 0 atom stereocenters. The first-order valence-electron chi connectivity index (χ1n) is 6.21. The summed E-state index contributed by atoms with van der Waals surface area (Å²) in [6.45, 7) is 2.04. The molecular formula is C15H16Cl2N4S. The second kappa shape index (κ2) is 7.98. The number of hydrogen-bond donors (Lipinski definition) is 2. The summed E-state index contributed by atoms with van der Waals surface area (Å²) in [5, 5.41) is 6.17. The van der Waals surface area contributed by atoms with E-state index in [-0.39, 0.29) is 24.8 Å². The standard InChI is InChI=1S/C15H14N4S.2ClH/c1-10-4-5-12(16)7-13(10)18-15-19-14(9-20-15)11-3-2-6-17-8-11;;/h2-9H,16H2,1H3,(H,18,19);2*1H. The average molecular weight is 355 g/mol. The van der Waals surface area contributed by atoms with E-state index in [0.717, 1.165) is 33.3 Å². The Morgan fingerprint density at radius 3 is 2.73 bits per heavy atom. The molecule has 0 aliphatic heterocycles. The molecule has 4 nitrogen and oxygen atoms in total. The molecule has 1 aromatic carbocycles. The van der Waals surface area contributed by atoms with E-state index < -0.39 is 0 Å². The lowest BCUT2D eigenvalue weighted by Crippen LogP contribution is -1.94. The second-order valence-corrected chi connectivity index (χ2v) is 5.34. The number of thiazole rings is 1. The van der Waals surface area contributed by atoms with Gasteiger partial charge >= 0.3 is 0 Å². The van der Waals surface area contributed by atoms with Gasteiger partial charge in [-0.2, -0.15) is 0 Å². The zero-order chi connectivity index (χ0) is 13.9. The zero-order valence-electron chi connectivity index (χ0n) is 11.8. The van der Waals surface area contributed by atoms with Crippen LogP contribution in [0.5, 0.6) is 0 Å². The van der Waals surface area contributed by atoms with Crippen LogP contribution in [0.25, 0.3) is 11.3 Å². The third-order valence-electron chi connectivity index (χ3n) is 2.96. The fourth-order valence-electron chi connectivity index (χ4n) is 1.87. The van der Waals surface area contributed by atoms with Crippen LogP contribution in [0.2, 0.25) is 0 Å². The van der Waals surface area contributed by atoms with Crippen LogP contribution in [0, 0.1) is 6.92 Å². The highest BCUT2D eigenvalue weighted by Crippen LogP contribution is 2.28. The summed E-state index contributed by atoms with van der Waals surface area (Å²) in [6, 6.07) is 9.71. The van der Waals surface area contributed by atoms with Crippen molar-refractivity contribution in [3.05, 3.63) is 53.7 Å². The Hall–Kier alpha value is -1.82. The van der Waals surface area contributed by atoms with Gasteiger partial charge in [-0.15, -0.1) is 36.2 Å². The Bertz CT molecular complexity index is 731. The van der Waals surface area contributed by atoms with E-state index in [0.29, 0.717) is 0 Å². The first-order chi connectivity index (χ1) is 9.72. The number of nitrogens with zero attached hydrogens (tertiary/aromatic N) is 2. The lowest BCUT2D eigenvalue weighted by atomic mass is 10.2. The number of nitrogens with two attached hydrogens (primary N) is 1. The van der Waals surface area contributed by atoms with E-state index in [2.05, 4.69) is 15.3 Å². The third-order valence-corrected chi connectivity index (χ3v) is 3.72. The molecule has 7 heteroatoms. The lowest BCUT2D eigenvalue weighted by Gasteiger charge is -2.07. The van der Waals surface area contributed by atoms with Crippen molar-refractivity contribution >= 4 is 52.7 Å². The van der Waals surface area contributed by atoms with Crippen LogP contribution in [0.1, 0.15) is 5.56 Å². The fraction of sp³-hybridized carbons (Fsp3) is 0.0667. The summed E-state index contributed by atoms with van der Waals surface area (Å²) in [7, 11) is 0. The first-order valence-corrected chi connectivity index (χ1v) is 7.09. The number of aromatic nitrogens is 2. The highest BCUT2D eigenvalue weighted by Gasteiger charge is 2.06. The van der Waals surface area contributed by atoms with Crippen molar-refractivity contribution in [2.75, 3.05) is 11.1 Å². The number of aryl methyl sites for hydroxylation is 1. The summed E-state index contributed by atoms with van der Waals surface area (Å²) in [6.07, 6.45) is 3.57. The molecule has 22 heavy (non-hydrogen) atoms. The van der Waals surface area contributed by atoms with Gasteiger partial charge in [0.2, 0.25) is 0 Å². The van der Waals surface area contributed by atoms with Gasteiger partial charge in [0.15, 0.2) is 5.13 Å². The molecule has 2 heterocycles. The van der Waals surface area contributed by atoms with Crippen LogP contribution in [0.3, 0.4) is 0 Å². The van der Waals surface area contributed by atoms with Gasteiger partial charge in [0.05, 0.1) is 5.69 Å². The van der Waals surface area contributed by atoms with Crippen LogP contribution in [-0.4, -0.2) is 9.97 Å². The van der Waals surface area contributed by atoms with Gasteiger partial charge in [0, 0.05) is 34.7 Å². The Morgan fingerprint density at radius 2 is 2.00 bits per heavy atom. The van der Waals surface area contributed by atoms with Crippen molar-refractivity contribution in [3.63, 3.8) is 0 Å². The number of nitrogen functional groups attached to an aromatic ring is 1. The van der Waals surface area contributed by atoms with E-state index in [1.165, 1.54) is 0 Å². The molecule has 0 aliphatic carbocycles. The monoisotopic (exact) mass is 354 g/mol. The molecule has 0 aliphatic rings. The normalized spacial score (nSPS) is 9.50. The van der Waals surface area contributed by atoms with Crippen molar-refractivity contribution < 1.29 is 0 Å². The summed E-state index contributed by atoms with van der Waals surface area (Å²) >= 11 is 1.56. The molecule has 3 N–H and O–H groups in total. The molecule has 0 saturated carbocycles. The Kier molecular flexibility index (Phi) is 6.61. The molecule has 3 rings (SSSR count). The smallest absolute Gasteiger partial charge is 0.187 e. The molecule has 0 fully saturated rings. The third kappa shape index (κ3) is 4.10. The Labute approximate surface area is 145 Å². The minimum atomic E-state index is 0. The SMILES string of the molecule is Cc1ccc(N)cc1Nc1nc(-c2cccnc2)cs1.Cl.Cl. The molecule has 0 radical (unpaired) electrons. The summed E-state index contributed by atoms with van der Waals surface area (Å²) in [5.74, 6) is 0. The maximum atomic E-state index is 5.81. The average Bonchev–Trinajstić information content (AvgIpc) is 2.92. The maximum Gasteiger partial charge on any atom is 0.187 e. The molecule has 2 aromatic heterocycles. The number of pyridine rings is 1. The minimum Gasteiger partial charge on any atom is -0.399 e. The Morgan fingerprint density at radius 1 is 1.18 bits per heavy atom. The number of hydrogen-bond acceptors (Lipinski definition) is 5. The molecule has 116 valence electrons. The predicted molar refractivity (Wildman–Crippen MR) is 98.7 cm³/mol. The van der Waals surface area contributed by atoms with Crippen LogP contribution >= 0.6 is 36.2 Å². The summed E-state index contributed by atoms with van der Waals surface area (Å²) < 4.78 is 0. The van der Waals surface area contributed by atoms with Gasteiger partial charge in [-0.1, -0.05) is 6.07 Å². The zero-order valence-corrected chi connectivity index (χ0v) is 14.3. The summed E-state index contributed by atoms with van der Waals surface area (Å²) in [4.78, 5) is 8.68. The van der Waals surface area contributed by atoms with Gasteiger partial charge in [0.25, 0.3) is 0 Å². The minimum absolute atomic E-state index is 0. The maximum absolute atomic E-state index is 5.81. The quantitative estimate of drug-likeness (QED) is 0.670. The van der Waals surface area contributed by atoms with Crippen LogP contribution in [-0.2, 0) is 0 Å². The topological polar surface area (TPSA) is 63.8 Å². The molecule has 0 amide bonds. The molecule has 0 spiro atoms. The fourth-order valence-corrected chi connectivity index (χ4v) is 2.60. The number of anilines is 3. The summed E-state index contributed by atoms with van der Waals surface area (Å²) in [5.41, 5.74) is 10.6. The number of nitrogens with one attached hydrogen (secondary N) is 1. The van der Waals surface area contributed by atoms with E-state index >= 15 is 0 Å². The van der Waals surface area contributed by atoms with Crippen molar-refractivity contribution in [2.24, 2.45) is 0 Å². The molecule has 3 aromatic rings. The van der Waals surface area contributed by atoms with Gasteiger partial charge in [-0.05, 0) is 36.8 Å². The largest absolute Gasteiger partial charge is 0.399 e. The van der Waals surface area contributed by atoms with Crippen molar-refractivity contribution in [2.45, 2.75) is 6.92 Å². The lowest BCUT2D eigenvalue weighted by molar-refractivity contribution is 1.30. The van der Waals surface area contributed by atoms with Crippen molar-refractivity contribution in [3.8, 4) is 11.3 Å². The van der Waals surface area contributed by atoms with Gasteiger partial charge in [-0.3, -0.25) is 4.98 Å². The van der Waals surface area contributed by atoms with Crippen molar-refractivity contribution in [1.29, 1.82) is 0 Å². The first kappa shape index (κ1) is 18.2. The molecule has 0 unspecified atom stereocenters. The van der Waals surface area contributed by atoms with E-state index in [9.17, 15) is 0 Å². The van der Waals surface area contributed by atoms with Gasteiger partial charge in [-0.25, -0.2) is 4.98 Å². The van der Waals surface area contributed by atoms with Crippen LogP contribution in [0.4, 0.5) is 16.5 Å². The second-order valence-electron chi connectivity index (χ2n) is 4.48.